The van der Waals surface area contributed by atoms with Crippen LogP contribution < -0.4 is 20.1 Å². The van der Waals surface area contributed by atoms with Crippen molar-refractivity contribution in [2.75, 3.05) is 33.3 Å². The lowest BCUT2D eigenvalue weighted by molar-refractivity contribution is -0.128. The number of guanidine groups is 1. The van der Waals surface area contributed by atoms with E-state index in [9.17, 15) is 4.79 Å². The van der Waals surface area contributed by atoms with E-state index in [1.54, 1.807) is 7.11 Å². The van der Waals surface area contributed by atoms with Crippen LogP contribution in [0.15, 0.2) is 23.2 Å². The quantitative estimate of drug-likeness (QED) is 0.517. The minimum atomic E-state index is 0.128. The Bertz CT molecular complexity index is 695. The third kappa shape index (κ3) is 6.27. The van der Waals surface area contributed by atoms with Gasteiger partial charge < -0.3 is 25.0 Å². The average Bonchev–Trinajstić information content (AvgIpc) is 3.45. The number of carbonyl (C=O) groups is 1. The third-order valence-electron chi connectivity index (χ3n) is 5.45. The zero-order chi connectivity index (χ0) is 20.5. The maximum Gasteiger partial charge on any atom is 0.241 e. The second-order valence-electron chi connectivity index (χ2n) is 7.65. The molecule has 1 saturated heterocycles. The van der Waals surface area contributed by atoms with Gasteiger partial charge in [-0.1, -0.05) is 6.07 Å². The summed E-state index contributed by atoms with van der Waals surface area (Å²) in [5, 5.41) is 6.35. The zero-order valence-corrected chi connectivity index (χ0v) is 17.7. The van der Waals surface area contributed by atoms with Gasteiger partial charge in [0.05, 0.1) is 26.3 Å². The van der Waals surface area contributed by atoms with Crippen LogP contribution in [0, 0.1) is 0 Å². The van der Waals surface area contributed by atoms with E-state index in [4.69, 9.17) is 9.47 Å². The maximum absolute atomic E-state index is 12.2. The van der Waals surface area contributed by atoms with E-state index in [1.165, 1.54) is 12.8 Å². The van der Waals surface area contributed by atoms with Gasteiger partial charge in [0, 0.05) is 19.6 Å². The minimum Gasteiger partial charge on any atom is -0.493 e. The molecule has 29 heavy (non-hydrogen) atoms. The minimum absolute atomic E-state index is 0.128. The summed E-state index contributed by atoms with van der Waals surface area (Å²) in [6.07, 6.45) is 7.20. The SMILES string of the molecule is CCNC(=NCc1ccc(OC2CCCC2)c(OC)c1)NCC(=O)N1CCCC1. The number of hydrogen-bond acceptors (Lipinski definition) is 4. The molecule has 0 bridgehead atoms. The smallest absolute Gasteiger partial charge is 0.241 e. The summed E-state index contributed by atoms with van der Waals surface area (Å²) in [6, 6.07) is 5.97. The Morgan fingerprint density at radius 2 is 1.90 bits per heavy atom. The number of methoxy groups -OCH3 is 1. The van der Waals surface area contributed by atoms with Gasteiger partial charge >= 0.3 is 0 Å². The molecule has 0 atom stereocenters. The van der Waals surface area contributed by atoms with Crippen LogP contribution in [0.5, 0.6) is 11.5 Å². The molecule has 2 N–H and O–H groups in total. The first kappa shape index (κ1) is 21.3. The van der Waals surface area contributed by atoms with Crippen LogP contribution in [0.1, 0.15) is 51.0 Å². The molecule has 0 radical (unpaired) electrons. The van der Waals surface area contributed by atoms with E-state index in [2.05, 4.69) is 15.6 Å². The third-order valence-corrected chi connectivity index (χ3v) is 5.45. The Hall–Kier alpha value is -2.44. The molecular weight excluding hydrogens is 368 g/mol. The molecule has 1 heterocycles. The highest BCUT2D eigenvalue weighted by molar-refractivity contribution is 5.86. The van der Waals surface area contributed by atoms with E-state index in [0.717, 1.165) is 62.4 Å². The molecular formula is C22H34N4O3. The number of hydrogen-bond donors (Lipinski definition) is 2. The number of carbonyl (C=O) groups excluding carboxylic acids is 1. The molecule has 160 valence electrons. The molecule has 0 aromatic heterocycles. The fourth-order valence-corrected chi connectivity index (χ4v) is 3.84. The van der Waals surface area contributed by atoms with E-state index in [0.29, 0.717) is 18.6 Å². The lowest BCUT2D eigenvalue weighted by Gasteiger charge is -2.17. The predicted octanol–water partition coefficient (Wildman–Crippen LogP) is 2.69. The Labute approximate surface area is 173 Å². The standard InChI is InChI=1S/C22H34N4O3/c1-3-23-22(25-16-21(27)26-12-6-7-13-26)24-15-17-10-11-19(20(14-17)28-2)29-18-8-4-5-9-18/h10-11,14,18H,3-9,12-13,15-16H2,1-2H3,(H2,23,24,25). The highest BCUT2D eigenvalue weighted by Gasteiger charge is 2.19. The van der Waals surface area contributed by atoms with E-state index >= 15 is 0 Å². The van der Waals surface area contributed by atoms with Gasteiger partial charge in [-0.05, 0) is 63.1 Å². The first-order valence-corrected chi connectivity index (χ1v) is 10.8. The number of rotatable bonds is 8. The fourth-order valence-electron chi connectivity index (χ4n) is 3.84. The molecule has 1 amide bonds. The first-order chi connectivity index (χ1) is 14.2. The Morgan fingerprint density at radius 3 is 2.59 bits per heavy atom. The molecule has 0 spiro atoms. The van der Waals surface area contributed by atoms with Crippen molar-refractivity contribution in [2.45, 2.75) is 58.1 Å². The van der Waals surface area contributed by atoms with Crippen LogP contribution >= 0.6 is 0 Å². The van der Waals surface area contributed by atoms with Crippen molar-refractivity contribution in [3.8, 4) is 11.5 Å². The van der Waals surface area contributed by atoms with Gasteiger partial charge in [-0.15, -0.1) is 0 Å². The van der Waals surface area contributed by atoms with Crippen LogP contribution in [0.25, 0.3) is 0 Å². The lowest BCUT2D eigenvalue weighted by atomic mass is 10.2. The van der Waals surface area contributed by atoms with Crippen LogP contribution in [0.4, 0.5) is 0 Å². The van der Waals surface area contributed by atoms with Crippen molar-refractivity contribution in [1.29, 1.82) is 0 Å². The van der Waals surface area contributed by atoms with Gasteiger partial charge in [-0.2, -0.15) is 0 Å². The lowest BCUT2D eigenvalue weighted by Crippen LogP contribution is -2.44. The average molecular weight is 403 g/mol. The predicted molar refractivity (Wildman–Crippen MR) is 115 cm³/mol. The topological polar surface area (TPSA) is 75.2 Å². The Kier molecular flexibility index (Phi) is 8.02. The van der Waals surface area contributed by atoms with Gasteiger partial charge in [0.15, 0.2) is 17.5 Å². The van der Waals surface area contributed by atoms with Crippen LogP contribution in [0.3, 0.4) is 0 Å². The van der Waals surface area contributed by atoms with Crippen molar-refractivity contribution in [3.05, 3.63) is 23.8 Å². The van der Waals surface area contributed by atoms with Crippen molar-refractivity contribution in [2.24, 2.45) is 4.99 Å². The largest absolute Gasteiger partial charge is 0.493 e. The summed E-state index contributed by atoms with van der Waals surface area (Å²) < 4.78 is 11.6. The number of nitrogens with one attached hydrogen (secondary N) is 2. The molecule has 1 aromatic rings. The zero-order valence-electron chi connectivity index (χ0n) is 17.7. The summed E-state index contributed by atoms with van der Waals surface area (Å²) in [5.41, 5.74) is 1.03. The van der Waals surface area contributed by atoms with E-state index in [1.807, 2.05) is 30.0 Å². The summed E-state index contributed by atoms with van der Waals surface area (Å²) in [4.78, 5) is 18.8. The monoisotopic (exact) mass is 402 g/mol. The summed E-state index contributed by atoms with van der Waals surface area (Å²) in [7, 11) is 1.67. The van der Waals surface area contributed by atoms with Gasteiger partial charge in [-0.25, -0.2) is 4.99 Å². The second kappa shape index (κ2) is 10.9. The molecule has 7 heteroatoms. The summed E-state index contributed by atoms with van der Waals surface area (Å²) in [6.45, 7) is 5.24. The molecule has 2 fully saturated rings. The van der Waals surface area contributed by atoms with Crippen molar-refractivity contribution in [3.63, 3.8) is 0 Å². The number of nitrogens with zero attached hydrogens (tertiary/aromatic N) is 2. The molecule has 1 saturated carbocycles. The number of benzene rings is 1. The number of amides is 1. The number of ether oxygens (including phenoxy) is 2. The summed E-state index contributed by atoms with van der Waals surface area (Å²) >= 11 is 0. The highest BCUT2D eigenvalue weighted by atomic mass is 16.5. The van der Waals surface area contributed by atoms with Crippen molar-refractivity contribution in [1.82, 2.24) is 15.5 Å². The summed E-state index contributed by atoms with van der Waals surface area (Å²) in [5.74, 6) is 2.31. The molecule has 0 unspecified atom stereocenters. The van der Waals surface area contributed by atoms with Gasteiger partial charge in [0.2, 0.25) is 5.91 Å². The van der Waals surface area contributed by atoms with Gasteiger partial charge in [0.1, 0.15) is 0 Å². The van der Waals surface area contributed by atoms with Crippen LogP contribution in [0.2, 0.25) is 0 Å². The fraction of sp³-hybridized carbons (Fsp3) is 0.636. The molecule has 1 aliphatic carbocycles. The Balaban J connectivity index is 1.57. The van der Waals surface area contributed by atoms with Crippen molar-refractivity contribution < 1.29 is 14.3 Å². The van der Waals surface area contributed by atoms with Gasteiger partial charge in [-0.3, -0.25) is 4.79 Å². The maximum atomic E-state index is 12.2. The molecule has 1 aromatic carbocycles. The van der Waals surface area contributed by atoms with Gasteiger partial charge in [0.25, 0.3) is 0 Å². The second-order valence-corrected chi connectivity index (χ2v) is 7.65. The first-order valence-electron chi connectivity index (χ1n) is 10.8. The number of aliphatic imine (C=N–C) groups is 1. The molecule has 1 aliphatic heterocycles. The Morgan fingerprint density at radius 1 is 1.14 bits per heavy atom. The molecule has 3 rings (SSSR count). The molecule has 2 aliphatic rings. The van der Waals surface area contributed by atoms with Crippen LogP contribution in [-0.4, -0.2) is 56.2 Å². The number of likely N-dealkylation sites (tertiary alicyclic amines) is 1. The van der Waals surface area contributed by atoms with E-state index < -0.39 is 0 Å². The highest BCUT2D eigenvalue weighted by Crippen LogP contribution is 2.32. The van der Waals surface area contributed by atoms with E-state index in [-0.39, 0.29) is 12.5 Å². The normalized spacial score (nSPS) is 17.4. The molecule has 7 nitrogen and oxygen atoms in total. The van der Waals surface area contributed by atoms with Crippen molar-refractivity contribution >= 4 is 11.9 Å². The van der Waals surface area contributed by atoms with Crippen LogP contribution in [-0.2, 0) is 11.3 Å².